The minimum absolute atomic E-state index is 0.00857. The summed E-state index contributed by atoms with van der Waals surface area (Å²) in [6, 6.07) is 15.8. The van der Waals surface area contributed by atoms with E-state index in [1.54, 1.807) is 50.4 Å². The largest absolute Gasteiger partial charge is 0.497 e. The average Bonchev–Trinajstić information content (AvgIpc) is 2.70. The van der Waals surface area contributed by atoms with Crippen LogP contribution in [0.5, 0.6) is 11.6 Å². The van der Waals surface area contributed by atoms with Gasteiger partial charge in [-0.1, -0.05) is 17.7 Å². The first-order valence-electron chi connectivity index (χ1n) is 8.47. The highest BCUT2D eigenvalue weighted by atomic mass is 16.5. The predicted molar refractivity (Wildman–Crippen MR) is 105 cm³/mol. The van der Waals surface area contributed by atoms with E-state index in [4.69, 9.17) is 4.74 Å². The predicted octanol–water partition coefficient (Wildman–Crippen LogP) is 4.46. The number of pyridine rings is 1. The topological polar surface area (TPSA) is 100.0 Å². The van der Waals surface area contributed by atoms with Gasteiger partial charge >= 0.3 is 0 Å². The second-order valence-electron chi connectivity index (χ2n) is 6.16. The molecule has 0 fully saturated rings. The average molecular weight is 374 g/mol. The summed E-state index contributed by atoms with van der Waals surface area (Å²) in [6.07, 6.45) is 0. The van der Waals surface area contributed by atoms with Crippen molar-refractivity contribution in [2.75, 3.05) is 7.11 Å². The lowest BCUT2D eigenvalue weighted by Gasteiger charge is -2.13. The summed E-state index contributed by atoms with van der Waals surface area (Å²) < 4.78 is 6.16. The first kappa shape index (κ1) is 18.9. The monoisotopic (exact) mass is 374 g/mol. The van der Waals surface area contributed by atoms with Crippen molar-refractivity contribution in [2.24, 2.45) is 10.2 Å². The summed E-state index contributed by atoms with van der Waals surface area (Å²) in [5, 5.41) is 28.1. The van der Waals surface area contributed by atoms with Crippen molar-refractivity contribution in [3.05, 3.63) is 75.6 Å². The molecule has 0 saturated carbocycles. The molecule has 7 heteroatoms. The van der Waals surface area contributed by atoms with Crippen molar-refractivity contribution in [3.63, 3.8) is 0 Å². The van der Waals surface area contributed by atoms with E-state index in [1.165, 1.54) is 0 Å². The molecule has 0 amide bonds. The van der Waals surface area contributed by atoms with E-state index in [0.717, 1.165) is 10.1 Å². The number of aromatic nitrogens is 1. The molecule has 0 aliphatic rings. The molecule has 2 aromatic carbocycles. The number of aromatic hydroxyl groups is 1. The van der Waals surface area contributed by atoms with Crippen molar-refractivity contribution in [1.29, 1.82) is 5.26 Å². The van der Waals surface area contributed by atoms with Crippen LogP contribution in [0.15, 0.2) is 63.6 Å². The van der Waals surface area contributed by atoms with E-state index in [-0.39, 0.29) is 16.8 Å². The number of rotatable bonds is 4. The summed E-state index contributed by atoms with van der Waals surface area (Å²) in [4.78, 5) is 13.0. The molecule has 7 nitrogen and oxygen atoms in total. The summed E-state index contributed by atoms with van der Waals surface area (Å²) in [5.74, 6) is 0.255. The molecule has 0 unspecified atom stereocenters. The number of nitrogens with zero attached hydrogens (tertiary/aromatic N) is 4. The third-order valence-corrected chi connectivity index (χ3v) is 4.31. The molecule has 0 radical (unpaired) electrons. The maximum atomic E-state index is 13.0. The fourth-order valence-electron chi connectivity index (χ4n) is 2.70. The van der Waals surface area contributed by atoms with Gasteiger partial charge in [0, 0.05) is 5.56 Å². The van der Waals surface area contributed by atoms with Gasteiger partial charge in [-0.3, -0.25) is 4.79 Å². The second kappa shape index (κ2) is 7.76. The maximum absolute atomic E-state index is 13.0. The molecule has 0 spiro atoms. The van der Waals surface area contributed by atoms with Crippen LogP contribution in [0, 0.1) is 25.2 Å². The number of nitriles is 1. The van der Waals surface area contributed by atoms with Crippen molar-refractivity contribution in [2.45, 2.75) is 13.8 Å². The van der Waals surface area contributed by atoms with Gasteiger partial charge in [-0.2, -0.15) is 10.4 Å². The zero-order valence-corrected chi connectivity index (χ0v) is 15.7. The lowest BCUT2D eigenvalue weighted by Crippen LogP contribution is -2.20. The van der Waals surface area contributed by atoms with Crippen molar-refractivity contribution in [1.82, 2.24) is 4.57 Å². The molecule has 3 rings (SSSR count). The molecule has 3 aromatic rings. The van der Waals surface area contributed by atoms with Gasteiger partial charge < -0.3 is 9.84 Å². The Labute approximate surface area is 161 Å². The number of hydrogen-bond acceptors (Lipinski definition) is 6. The molecule has 1 heterocycles. The molecular weight excluding hydrogens is 356 g/mol. The highest BCUT2D eigenvalue weighted by Gasteiger charge is 2.20. The fourth-order valence-corrected chi connectivity index (χ4v) is 2.70. The summed E-state index contributed by atoms with van der Waals surface area (Å²) in [5.41, 5.74) is 1.64. The molecule has 1 aromatic heterocycles. The normalized spacial score (nSPS) is 10.8. The van der Waals surface area contributed by atoms with Crippen LogP contribution in [0.2, 0.25) is 0 Å². The zero-order chi connectivity index (χ0) is 20.3. The van der Waals surface area contributed by atoms with Crippen LogP contribution in [0.3, 0.4) is 0 Å². The number of methoxy groups -OCH3 is 1. The van der Waals surface area contributed by atoms with E-state index < -0.39 is 11.4 Å². The van der Waals surface area contributed by atoms with Crippen LogP contribution in [0.25, 0.3) is 5.69 Å². The van der Waals surface area contributed by atoms with E-state index in [9.17, 15) is 15.2 Å². The van der Waals surface area contributed by atoms with Crippen LogP contribution >= 0.6 is 0 Å². The number of ether oxygens (including phenoxy) is 1. The first-order chi connectivity index (χ1) is 13.5. The quantitative estimate of drug-likeness (QED) is 0.682. The lowest BCUT2D eigenvalue weighted by atomic mass is 10.1. The Bertz CT molecular complexity index is 1140. The summed E-state index contributed by atoms with van der Waals surface area (Å²) >= 11 is 0. The number of azo groups is 1. The van der Waals surface area contributed by atoms with Crippen molar-refractivity contribution in [3.8, 4) is 23.4 Å². The molecule has 1 N–H and O–H groups in total. The summed E-state index contributed by atoms with van der Waals surface area (Å²) in [7, 11) is 1.56. The van der Waals surface area contributed by atoms with E-state index in [0.29, 0.717) is 17.1 Å². The molecule has 0 atom stereocenters. The van der Waals surface area contributed by atoms with Gasteiger partial charge in [0.05, 0.1) is 18.5 Å². The minimum Gasteiger partial charge on any atom is -0.497 e. The second-order valence-corrected chi connectivity index (χ2v) is 6.16. The third-order valence-electron chi connectivity index (χ3n) is 4.31. The number of aryl methyl sites for hydroxylation is 1. The van der Waals surface area contributed by atoms with Crippen LogP contribution in [-0.2, 0) is 0 Å². The van der Waals surface area contributed by atoms with Gasteiger partial charge in [-0.25, -0.2) is 4.57 Å². The minimum atomic E-state index is -0.560. The Morgan fingerprint density at radius 3 is 2.25 bits per heavy atom. The smallest absolute Gasteiger partial charge is 0.286 e. The van der Waals surface area contributed by atoms with Gasteiger partial charge in [0.15, 0.2) is 5.69 Å². The Kier molecular flexibility index (Phi) is 5.23. The summed E-state index contributed by atoms with van der Waals surface area (Å²) in [6.45, 7) is 3.47. The maximum Gasteiger partial charge on any atom is 0.286 e. The van der Waals surface area contributed by atoms with Crippen molar-refractivity contribution >= 4 is 11.4 Å². The van der Waals surface area contributed by atoms with Gasteiger partial charge in [0.2, 0.25) is 5.88 Å². The zero-order valence-electron chi connectivity index (χ0n) is 15.7. The molecule has 28 heavy (non-hydrogen) atoms. The molecule has 0 aliphatic heterocycles. The van der Waals surface area contributed by atoms with Crippen LogP contribution in [0.1, 0.15) is 16.7 Å². The fraction of sp³-hybridized carbons (Fsp3) is 0.143. The Hall–Kier alpha value is -3.92. The van der Waals surface area contributed by atoms with Crippen LogP contribution in [0.4, 0.5) is 11.4 Å². The van der Waals surface area contributed by atoms with Gasteiger partial charge in [-0.15, -0.1) is 5.11 Å². The van der Waals surface area contributed by atoms with Gasteiger partial charge in [0.1, 0.15) is 17.4 Å². The van der Waals surface area contributed by atoms with E-state index >= 15 is 0 Å². The Morgan fingerprint density at radius 1 is 1.04 bits per heavy atom. The Balaban J connectivity index is 2.16. The SMILES string of the molecule is COc1ccc(N=Nc2c(C)c(C#N)c(O)n(-c3ccc(C)cc3)c2=O)cc1. The van der Waals surface area contributed by atoms with E-state index in [2.05, 4.69) is 10.2 Å². The van der Waals surface area contributed by atoms with Gasteiger partial charge in [0.25, 0.3) is 5.56 Å². The number of hydrogen-bond donors (Lipinski definition) is 1. The van der Waals surface area contributed by atoms with Crippen LogP contribution < -0.4 is 10.3 Å². The highest BCUT2D eigenvalue weighted by molar-refractivity contribution is 5.59. The lowest BCUT2D eigenvalue weighted by molar-refractivity contribution is 0.415. The van der Waals surface area contributed by atoms with E-state index in [1.807, 2.05) is 25.1 Å². The standard InChI is InChI=1S/C21H18N4O3/c1-13-4-8-16(9-5-13)25-20(26)18(12-22)14(2)19(21(25)27)24-23-15-6-10-17(28-3)11-7-15/h4-11,26H,1-3H3. The van der Waals surface area contributed by atoms with Crippen LogP contribution in [-0.4, -0.2) is 16.8 Å². The third kappa shape index (κ3) is 3.48. The Morgan fingerprint density at radius 2 is 1.68 bits per heavy atom. The number of benzene rings is 2. The molecule has 140 valence electrons. The van der Waals surface area contributed by atoms with Gasteiger partial charge in [-0.05, 0) is 50.2 Å². The molecule has 0 aliphatic carbocycles. The molecule has 0 bridgehead atoms. The molecule has 0 saturated heterocycles. The van der Waals surface area contributed by atoms with Crippen molar-refractivity contribution < 1.29 is 9.84 Å². The molecular formula is C21H18N4O3. The first-order valence-corrected chi connectivity index (χ1v) is 8.47. The highest BCUT2D eigenvalue weighted by Crippen LogP contribution is 2.29.